The van der Waals surface area contributed by atoms with Crippen molar-refractivity contribution in [2.45, 2.75) is 6.92 Å². The molecule has 0 atom stereocenters. The van der Waals surface area contributed by atoms with E-state index in [-0.39, 0.29) is 0 Å². The van der Waals surface area contributed by atoms with Crippen LogP contribution in [0.5, 0.6) is 11.5 Å². The predicted molar refractivity (Wildman–Crippen MR) is 78.7 cm³/mol. The maximum absolute atomic E-state index is 5.69. The van der Waals surface area contributed by atoms with Crippen molar-refractivity contribution in [2.75, 3.05) is 53.2 Å². The van der Waals surface area contributed by atoms with Crippen molar-refractivity contribution in [3.8, 4) is 11.5 Å². The van der Waals surface area contributed by atoms with E-state index >= 15 is 0 Å². The summed E-state index contributed by atoms with van der Waals surface area (Å²) in [5.74, 6) is 1.57. The molecule has 0 aliphatic heterocycles. The van der Waals surface area contributed by atoms with Crippen LogP contribution in [0.2, 0.25) is 0 Å². The third kappa shape index (κ3) is 7.33. The van der Waals surface area contributed by atoms with E-state index in [4.69, 9.17) is 18.9 Å². The fourth-order valence-corrected chi connectivity index (χ4v) is 1.59. The smallest absolute Gasteiger partial charge is 0.161 e. The molecule has 1 N–H and O–H groups in total. The van der Waals surface area contributed by atoms with Crippen molar-refractivity contribution in [2.24, 2.45) is 0 Å². The Labute approximate surface area is 121 Å². The molecule has 0 aliphatic carbocycles. The quantitative estimate of drug-likeness (QED) is 0.592. The Morgan fingerprint density at radius 2 is 1.60 bits per heavy atom. The minimum Gasteiger partial charge on any atom is -0.490 e. The van der Waals surface area contributed by atoms with Crippen LogP contribution in [0, 0.1) is 0 Å². The van der Waals surface area contributed by atoms with Gasteiger partial charge in [0.2, 0.25) is 0 Å². The number of hydrogen-bond acceptors (Lipinski definition) is 5. The molecular formula is C15H25NO4. The summed E-state index contributed by atoms with van der Waals surface area (Å²) in [7, 11) is 1.67. The van der Waals surface area contributed by atoms with E-state index in [0.29, 0.717) is 33.0 Å². The Kier molecular flexibility index (Phi) is 9.65. The van der Waals surface area contributed by atoms with Crippen LogP contribution in [0.1, 0.15) is 6.92 Å². The largest absolute Gasteiger partial charge is 0.490 e. The zero-order valence-electron chi connectivity index (χ0n) is 12.4. The van der Waals surface area contributed by atoms with Crippen molar-refractivity contribution in [3.05, 3.63) is 24.3 Å². The Balaban J connectivity index is 2.06. The SMILES string of the molecule is CCOc1ccccc1OCCNCCOCCOC. The lowest BCUT2D eigenvalue weighted by Gasteiger charge is -2.12. The molecule has 0 spiro atoms. The summed E-state index contributed by atoms with van der Waals surface area (Å²) in [6.45, 7) is 6.72. The number of methoxy groups -OCH3 is 1. The van der Waals surface area contributed by atoms with Gasteiger partial charge in [-0.2, -0.15) is 0 Å². The first-order valence-corrected chi connectivity index (χ1v) is 7.00. The summed E-state index contributed by atoms with van der Waals surface area (Å²) in [5, 5.41) is 3.25. The summed E-state index contributed by atoms with van der Waals surface area (Å²) < 4.78 is 21.4. The van der Waals surface area contributed by atoms with Crippen molar-refractivity contribution in [3.63, 3.8) is 0 Å². The highest BCUT2D eigenvalue weighted by Crippen LogP contribution is 2.25. The van der Waals surface area contributed by atoms with E-state index < -0.39 is 0 Å². The number of benzene rings is 1. The summed E-state index contributed by atoms with van der Waals surface area (Å²) in [5.41, 5.74) is 0. The minimum absolute atomic E-state index is 0.599. The van der Waals surface area contributed by atoms with Crippen LogP contribution in [0.25, 0.3) is 0 Å². The van der Waals surface area contributed by atoms with Gasteiger partial charge in [0.1, 0.15) is 6.61 Å². The molecule has 20 heavy (non-hydrogen) atoms. The Hall–Kier alpha value is -1.30. The van der Waals surface area contributed by atoms with Crippen molar-refractivity contribution in [1.82, 2.24) is 5.32 Å². The van der Waals surface area contributed by atoms with Gasteiger partial charge in [0.15, 0.2) is 11.5 Å². The first-order chi connectivity index (χ1) is 9.88. The van der Waals surface area contributed by atoms with E-state index in [9.17, 15) is 0 Å². The second kappa shape index (κ2) is 11.5. The van der Waals surface area contributed by atoms with Gasteiger partial charge in [-0.3, -0.25) is 0 Å². The Morgan fingerprint density at radius 3 is 2.30 bits per heavy atom. The number of rotatable bonds is 12. The highest BCUT2D eigenvalue weighted by Gasteiger charge is 2.02. The van der Waals surface area contributed by atoms with Crippen LogP contribution in [0.3, 0.4) is 0 Å². The summed E-state index contributed by atoms with van der Waals surface area (Å²) >= 11 is 0. The maximum atomic E-state index is 5.69. The average Bonchev–Trinajstić information content (AvgIpc) is 2.47. The van der Waals surface area contributed by atoms with Gasteiger partial charge >= 0.3 is 0 Å². The molecular weight excluding hydrogens is 258 g/mol. The van der Waals surface area contributed by atoms with Crippen LogP contribution in [0.4, 0.5) is 0 Å². The number of ether oxygens (including phenoxy) is 4. The third-order valence-corrected chi connectivity index (χ3v) is 2.54. The van der Waals surface area contributed by atoms with Gasteiger partial charge in [0.05, 0.1) is 26.4 Å². The molecule has 1 aromatic rings. The van der Waals surface area contributed by atoms with Gasteiger partial charge in [0, 0.05) is 20.2 Å². The predicted octanol–water partition coefficient (Wildman–Crippen LogP) is 1.72. The molecule has 0 bridgehead atoms. The number of hydrogen-bond donors (Lipinski definition) is 1. The van der Waals surface area contributed by atoms with E-state index in [1.54, 1.807) is 7.11 Å². The van der Waals surface area contributed by atoms with Gasteiger partial charge in [-0.25, -0.2) is 0 Å². The first-order valence-electron chi connectivity index (χ1n) is 7.00. The molecule has 1 rings (SSSR count). The zero-order valence-corrected chi connectivity index (χ0v) is 12.4. The lowest BCUT2D eigenvalue weighted by molar-refractivity contribution is 0.0717. The maximum Gasteiger partial charge on any atom is 0.161 e. The molecule has 0 fully saturated rings. The fourth-order valence-electron chi connectivity index (χ4n) is 1.59. The highest BCUT2D eigenvalue weighted by molar-refractivity contribution is 5.39. The molecule has 5 heteroatoms. The van der Waals surface area contributed by atoms with Gasteiger partial charge in [-0.05, 0) is 19.1 Å². The molecule has 0 saturated carbocycles. The first kappa shape index (κ1) is 16.8. The van der Waals surface area contributed by atoms with Gasteiger partial charge in [0.25, 0.3) is 0 Å². The van der Waals surface area contributed by atoms with Crippen LogP contribution in [-0.2, 0) is 9.47 Å². The van der Waals surface area contributed by atoms with E-state index in [1.807, 2.05) is 31.2 Å². The topological polar surface area (TPSA) is 49.0 Å². The van der Waals surface area contributed by atoms with Crippen LogP contribution < -0.4 is 14.8 Å². The molecule has 0 amide bonds. The van der Waals surface area contributed by atoms with Crippen molar-refractivity contribution < 1.29 is 18.9 Å². The monoisotopic (exact) mass is 283 g/mol. The van der Waals surface area contributed by atoms with Crippen molar-refractivity contribution in [1.29, 1.82) is 0 Å². The number of nitrogens with one attached hydrogen (secondary N) is 1. The molecule has 0 aliphatic rings. The molecule has 1 aromatic carbocycles. The lowest BCUT2D eigenvalue weighted by atomic mass is 10.3. The Morgan fingerprint density at radius 1 is 0.900 bits per heavy atom. The van der Waals surface area contributed by atoms with Gasteiger partial charge in [-0.1, -0.05) is 12.1 Å². The summed E-state index contributed by atoms with van der Waals surface area (Å²) in [6.07, 6.45) is 0. The molecule has 0 unspecified atom stereocenters. The van der Waals surface area contributed by atoms with E-state index in [0.717, 1.165) is 24.6 Å². The standard InChI is InChI=1S/C15H25NO4/c1-3-19-14-6-4-5-7-15(14)20-11-9-16-8-10-18-13-12-17-2/h4-7,16H,3,8-13H2,1-2H3. The lowest BCUT2D eigenvalue weighted by Crippen LogP contribution is -2.25. The number of para-hydroxylation sites is 2. The van der Waals surface area contributed by atoms with Crippen LogP contribution in [0.15, 0.2) is 24.3 Å². The van der Waals surface area contributed by atoms with Gasteiger partial charge in [-0.15, -0.1) is 0 Å². The zero-order chi connectivity index (χ0) is 14.5. The molecule has 114 valence electrons. The van der Waals surface area contributed by atoms with Crippen molar-refractivity contribution >= 4 is 0 Å². The summed E-state index contributed by atoms with van der Waals surface area (Å²) in [6, 6.07) is 7.71. The molecule has 0 aromatic heterocycles. The van der Waals surface area contributed by atoms with Crippen LogP contribution >= 0.6 is 0 Å². The highest BCUT2D eigenvalue weighted by atomic mass is 16.5. The van der Waals surface area contributed by atoms with Crippen LogP contribution in [-0.4, -0.2) is 53.2 Å². The molecule has 0 saturated heterocycles. The Bertz CT molecular complexity index is 346. The average molecular weight is 283 g/mol. The van der Waals surface area contributed by atoms with E-state index in [1.165, 1.54) is 0 Å². The third-order valence-electron chi connectivity index (χ3n) is 2.54. The minimum atomic E-state index is 0.599. The second-order valence-corrected chi connectivity index (χ2v) is 4.08. The fraction of sp³-hybridized carbons (Fsp3) is 0.600. The normalized spacial score (nSPS) is 10.5. The molecule has 0 heterocycles. The molecule has 5 nitrogen and oxygen atoms in total. The van der Waals surface area contributed by atoms with E-state index in [2.05, 4.69) is 5.32 Å². The summed E-state index contributed by atoms with van der Waals surface area (Å²) in [4.78, 5) is 0. The molecule has 0 radical (unpaired) electrons. The van der Waals surface area contributed by atoms with Gasteiger partial charge < -0.3 is 24.3 Å². The second-order valence-electron chi connectivity index (χ2n) is 4.08.